The second-order valence-electron chi connectivity index (χ2n) is 5.04. The monoisotopic (exact) mass is 306 g/mol. The molecule has 4 nitrogen and oxygen atoms in total. The first-order valence-electron chi connectivity index (χ1n) is 6.60. The predicted octanol–water partition coefficient (Wildman–Crippen LogP) is 2.15. The van der Waals surface area contributed by atoms with E-state index in [2.05, 4.69) is 0 Å². The summed E-state index contributed by atoms with van der Waals surface area (Å²) in [4.78, 5) is 0.0285. The molecule has 0 fully saturated rings. The van der Waals surface area contributed by atoms with Crippen molar-refractivity contribution < 1.29 is 12.8 Å². The molecule has 2 aromatic carbocycles. The minimum Gasteiger partial charge on any atom is -0.396 e. The predicted molar refractivity (Wildman–Crippen MR) is 78.6 cm³/mol. The highest BCUT2D eigenvalue weighted by molar-refractivity contribution is 7.89. The van der Waals surface area contributed by atoms with Crippen LogP contribution in [0.15, 0.2) is 47.4 Å². The fourth-order valence-electron chi connectivity index (χ4n) is 2.51. The van der Waals surface area contributed by atoms with Gasteiger partial charge in [0.1, 0.15) is 5.82 Å². The number of sulfonamides is 1. The smallest absolute Gasteiger partial charge is 0.243 e. The van der Waals surface area contributed by atoms with Crippen molar-refractivity contribution in [3.8, 4) is 0 Å². The lowest BCUT2D eigenvalue weighted by Crippen LogP contribution is -2.36. The van der Waals surface area contributed by atoms with Crippen LogP contribution in [0.25, 0.3) is 0 Å². The molecule has 1 heterocycles. The summed E-state index contributed by atoms with van der Waals surface area (Å²) >= 11 is 0. The second-order valence-corrected chi connectivity index (χ2v) is 6.98. The molecule has 2 N–H and O–H groups in total. The summed E-state index contributed by atoms with van der Waals surface area (Å²) < 4.78 is 39.8. The van der Waals surface area contributed by atoms with Gasteiger partial charge in [-0.25, -0.2) is 12.8 Å². The van der Waals surface area contributed by atoms with Crippen LogP contribution in [0.3, 0.4) is 0 Å². The van der Waals surface area contributed by atoms with Gasteiger partial charge in [-0.1, -0.05) is 24.3 Å². The lowest BCUT2D eigenvalue weighted by atomic mass is 10.0. The zero-order valence-corrected chi connectivity index (χ0v) is 12.1. The van der Waals surface area contributed by atoms with Gasteiger partial charge >= 0.3 is 0 Å². The highest BCUT2D eigenvalue weighted by Gasteiger charge is 2.28. The standard InChI is InChI=1S/C15H15FN2O2S/c16-14-6-5-13(9-15(14)17)21(19,20)18-8-7-11-3-1-2-4-12(11)10-18/h1-6,9H,7-8,10,17H2. The molecule has 0 unspecified atom stereocenters. The van der Waals surface area contributed by atoms with Crippen LogP contribution in [-0.2, 0) is 23.0 Å². The van der Waals surface area contributed by atoms with Crippen molar-refractivity contribution in [2.45, 2.75) is 17.9 Å². The maximum absolute atomic E-state index is 13.2. The molecule has 2 aromatic rings. The molecule has 0 spiro atoms. The Labute approximate surface area is 123 Å². The van der Waals surface area contributed by atoms with E-state index in [9.17, 15) is 12.8 Å². The number of benzene rings is 2. The summed E-state index contributed by atoms with van der Waals surface area (Å²) in [7, 11) is -3.66. The molecule has 21 heavy (non-hydrogen) atoms. The molecule has 110 valence electrons. The van der Waals surface area contributed by atoms with E-state index in [-0.39, 0.29) is 10.6 Å². The molecular formula is C15H15FN2O2S. The Morgan fingerprint density at radius 2 is 1.81 bits per heavy atom. The zero-order chi connectivity index (χ0) is 15.0. The number of rotatable bonds is 2. The van der Waals surface area contributed by atoms with E-state index in [4.69, 9.17) is 5.73 Å². The number of nitrogen functional groups attached to an aromatic ring is 1. The van der Waals surface area contributed by atoms with Crippen LogP contribution in [-0.4, -0.2) is 19.3 Å². The number of hydrogen-bond donors (Lipinski definition) is 1. The molecule has 0 saturated carbocycles. The van der Waals surface area contributed by atoms with Gasteiger partial charge in [-0.15, -0.1) is 0 Å². The lowest BCUT2D eigenvalue weighted by molar-refractivity contribution is 0.391. The van der Waals surface area contributed by atoms with E-state index in [1.165, 1.54) is 22.0 Å². The van der Waals surface area contributed by atoms with E-state index in [1.807, 2.05) is 24.3 Å². The van der Waals surface area contributed by atoms with Crippen LogP contribution < -0.4 is 5.73 Å². The first kappa shape index (κ1) is 14.0. The van der Waals surface area contributed by atoms with E-state index >= 15 is 0 Å². The maximum Gasteiger partial charge on any atom is 0.243 e. The van der Waals surface area contributed by atoms with Gasteiger partial charge in [-0.3, -0.25) is 0 Å². The third-order valence-corrected chi connectivity index (χ3v) is 5.54. The molecule has 1 aliphatic rings. The van der Waals surface area contributed by atoms with Gasteiger partial charge in [0.15, 0.2) is 0 Å². The topological polar surface area (TPSA) is 63.4 Å². The van der Waals surface area contributed by atoms with Gasteiger partial charge in [0, 0.05) is 13.1 Å². The number of nitrogens with zero attached hydrogens (tertiary/aromatic N) is 1. The van der Waals surface area contributed by atoms with Crippen LogP contribution in [0.4, 0.5) is 10.1 Å². The number of nitrogens with two attached hydrogens (primary N) is 1. The van der Waals surface area contributed by atoms with Crippen molar-refractivity contribution in [2.75, 3.05) is 12.3 Å². The van der Waals surface area contributed by atoms with E-state index in [0.29, 0.717) is 19.5 Å². The summed E-state index contributed by atoms with van der Waals surface area (Å²) in [6, 6.07) is 11.3. The third-order valence-electron chi connectivity index (χ3n) is 3.70. The fourth-order valence-corrected chi connectivity index (χ4v) is 3.96. The minimum absolute atomic E-state index is 0.0285. The SMILES string of the molecule is Nc1cc(S(=O)(=O)N2CCc3ccccc3C2)ccc1F. The molecule has 0 aliphatic carbocycles. The van der Waals surface area contributed by atoms with E-state index in [1.54, 1.807) is 0 Å². The Balaban J connectivity index is 1.95. The molecule has 3 rings (SSSR count). The number of hydrogen-bond acceptors (Lipinski definition) is 3. The molecule has 6 heteroatoms. The summed E-state index contributed by atoms with van der Waals surface area (Å²) in [6.45, 7) is 0.742. The lowest BCUT2D eigenvalue weighted by Gasteiger charge is -2.28. The summed E-state index contributed by atoms with van der Waals surface area (Å²) in [5, 5.41) is 0. The highest BCUT2D eigenvalue weighted by Crippen LogP contribution is 2.26. The van der Waals surface area contributed by atoms with Gasteiger partial charge in [-0.2, -0.15) is 4.31 Å². The Kier molecular flexibility index (Phi) is 3.43. The van der Waals surface area contributed by atoms with Crippen molar-refractivity contribution >= 4 is 15.7 Å². The number of fused-ring (bicyclic) bond motifs is 1. The van der Waals surface area contributed by atoms with Gasteiger partial charge in [0.05, 0.1) is 10.6 Å². The van der Waals surface area contributed by atoms with Crippen LogP contribution in [0, 0.1) is 5.82 Å². The molecule has 0 bridgehead atoms. The Morgan fingerprint density at radius 3 is 2.52 bits per heavy atom. The summed E-state index contributed by atoms with van der Waals surface area (Å²) in [5.41, 5.74) is 7.48. The van der Waals surface area contributed by atoms with Crippen molar-refractivity contribution in [3.63, 3.8) is 0 Å². The van der Waals surface area contributed by atoms with Crippen LogP contribution in [0.1, 0.15) is 11.1 Å². The van der Waals surface area contributed by atoms with Gasteiger partial charge in [-0.05, 0) is 35.7 Å². The first-order chi connectivity index (χ1) is 9.98. The van der Waals surface area contributed by atoms with Gasteiger partial charge in [0.25, 0.3) is 0 Å². The molecule has 0 atom stereocenters. The largest absolute Gasteiger partial charge is 0.396 e. The highest BCUT2D eigenvalue weighted by atomic mass is 32.2. The van der Waals surface area contributed by atoms with Crippen molar-refractivity contribution in [3.05, 3.63) is 59.4 Å². The normalized spacial score (nSPS) is 15.7. The molecule has 0 amide bonds. The Bertz CT molecular complexity index is 790. The molecule has 0 aromatic heterocycles. The molecular weight excluding hydrogens is 291 g/mol. The summed E-state index contributed by atoms with van der Waals surface area (Å²) in [6.07, 6.45) is 0.673. The van der Waals surface area contributed by atoms with Crippen molar-refractivity contribution in [1.82, 2.24) is 4.31 Å². The van der Waals surface area contributed by atoms with Crippen LogP contribution >= 0.6 is 0 Å². The van der Waals surface area contributed by atoms with E-state index < -0.39 is 15.8 Å². The second kappa shape index (κ2) is 5.13. The first-order valence-corrected chi connectivity index (χ1v) is 8.04. The van der Waals surface area contributed by atoms with Gasteiger partial charge in [0.2, 0.25) is 10.0 Å². The molecule has 1 aliphatic heterocycles. The number of halogens is 1. The van der Waals surface area contributed by atoms with Gasteiger partial charge < -0.3 is 5.73 Å². The Morgan fingerprint density at radius 1 is 1.10 bits per heavy atom. The number of anilines is 1. The minimum atomic E-state index is -3.66. The van der Waals surface area contributed by atoms with Crippen LogP contribution in [0.5, 0.6) is 0 Å². The van der Waals surface area contributed by atoms with E-state index in [0.717, 1.165) is 11.6 Å². The maximum atomic E-state index is 13.2. The average Bonchev–Trinajstić information content (AvgIpc) is 2.49. The average molecular weight is 306 g/mol. The fraction of sp³-hybridized carbons (Fsp3) is 0.200. The van der Waals surface area contributed by atoms with Crippen molar-refractivity contribution in [2.24, 2.45) is 0 Å². The Hall–Kier alpha value is -1.92. The zero-order valence-electron chi connectivity index (χ0n) is 11.3. The summed E-state index contributed by atoms with van der Waals surface area (Å²) in [5.74, 6) is -0.613. The quantitative estimate of drug-likeness (QED) is 0.865. The third kappa shape index (κ3) is 2.52. The van der Waals surface area contributed by atoms with Crippen LogP contribution in [0.2, 0.25) is 0 Å². The molecule has 0 saturated heterocycles. The van der Waals surface area contributed by atoms with Crippen molar-refractivity contribution in [1.29, 1.82) is 0 Å². The molecule has 0 radical (unpaired) electrons.